The van der Waals surface area contributed by atoms with E-state index in [-0.39, 0.29) is 21.4 Å². The Kier molecular flexibility index (Phi) is 6.92. The summed E-state index contributed by atoms with van der Waals surface area (Å²) in [5.74, 6) is -0.269. The molecule has 0 atom stereocenters. The third-order valence-electron chi connectivity index (χ3n) is 4.66. The van der Waals surface area contributed by atoms with E-state index >= 15 is 0 Å². The lowest BCUT2D eigenvalue weighted by molar-refractivity contribution is 0.0730. The number of sulfonamides is 1. The van der Waals surface area contributed by atoms with Crippen molar-refractivity contribution in [3.8, 4) is 0 Å². The van der Waals surface area contributed by atoms with Gasteiger partial charge in [0.15, 0.2) is 0 Å². The lowest BCUT2D eigenvalue weighted by Gasteiger charge is -2.24. The maximum absolute atomic E-state index is 13.4. The summed E-state index contributed by atoms with van der Waals surface area (Å²) in [6.07, 6.45) is 0. The van der Waals surface area contributed by atoms with Gasteiger partial charge in [0.2, 0.25) is 10.0 Å². The monoisotopic (exact) mass is 442 g/mol. The van der Waals surface area contributed by atoms with E-state index in [1.54, 1.807) is 11.0 Å². The summed E-state index contributed by atoms with van der Waals surface area (Å²) in [6, 6.07) is 23.7. The quantitative estimate of drug-likeness (QED) is 0.543. The average Bonchev–Trinajstić information content (AvgIpc) is 2.74. The smallest absolute Gasteiger partial charge is 0.254 e. The summed E-state index contributed by atoms with van der Waals surface area (Å²) in [7, 11) is -0.921. The van der Waals surface area contributed by atoms with Crippen LogP contribution in [0.4, 0.5) is 0 Å². The van der Waals surface area contributed by atoms with Crippen LogP contribution in [0.5, 0.6) is 0 Å². The first-order valence-electron chi connectivity index (χ1n) is 9.38. The summed E-state index contributed by atoms with van der Waals surface area (Å²) in [4.78, 5) is 15.0. The van der Waals surface area contributed by atoms with Crippen LogP contribution in [0.3, 0.4) is 0 Å². The van der Waals surface area contributed by atoms with E-state index in [2.05, 4.69) is 0 Å². The summed E-state index contributed by atoms with van der Waals surface area (Å²) >= 11 is 6.14. The Hall–Kier alpha value is -2.67. The second kappa shape index (κ2) is 9.43. The first-order chi connectivity index (χ1) is 14.3. The van der Waals surface area contributed by atoms with Crippen molar-refractivity contribution in [2.24, 2.45) is 0 Å². The Morgan fingerprint density at radius 1 is 0.833 bits per heavy atom. The fraction of sp³-hybridized carbons (Fsp3) is 0.174. The highest BCUT2D eigenvalue weighted by molar-refractivity contribution is 7.89. The lowest BCUT2D eigenvalue weighted by atomic mass is 10.1. The molecule has 0 aromatic heterocycles. The first-order valence-corrected chi connectivity index (χ1v) is 11.2. The van der Waals surface area contributed by atoms with Crippen LogP contribution in [0.1, 0.15) is 21.5 Å². The van der Waals surface area contributed by atoms with Crippen LogP contribution in [-0.4, -0.2) is 37.6 Å². The van der Waals surface area contributed by atoms with E-state index in [1.807, 2.05) is 60.7 Å². The molecule has 0 fully saturated rings. The number of rotatable bonds is 7. The number of hydrogen-bond donors (Lipinski definition) is 0. The van der Waals surface area contributed by atoms with Crippen LogP contribution < -0.4 is 0 Å². The number of nitrogens with zero attached hydrogens (tertiary/aromatic N) is 2. The number of hydrogen-bond acceptors (Lipinski definition) is 3. The Bertz CT molecular complexity index is 1080. The van der Waals surface area contributed by atoms with Crippen molar-refractivity contribution in [1.29, 1.82) is 0 Å². The largest absolute Gasteiger partial charge is 0.330 e. The number of carbonyl (C=O) groups excluding carboxylic acids is 1. The highest BCUT2D eigenvalue weighted by Crippen LogP contribution is 2.26. The Labute approximate surface area is 182 Å². The molecule has 0 spiro atoms. The minimum atomic E-state index is -3.78. The first kappa shape index (κ1) is 22.0. The zero-order chi connectivity index (χ0) is 21.7. The molecule has 156 valence electrons. The van der Waals surface area contributed by atoms with Crippen molar-refractivity contribution in [2.45, 2.75) is 18.0 Å². The molecule has 30 heavy (non-hydrogen) atoms. The second-order valence-corrected chi connectivity index (χ2v) is 9.59. The number of carbonyl (C=O) groups is 1. The van der Waals surface area contributed by atoms with Gasteiger partial charge >= 0.3 is 0 Å². The van der Waals surface area contributed by atoms with Gasteiger partial charge in [-0.2, -0.15) is 0 Å². The number of benzene rings is 3. The minimum absolute atomic E-state index is 0.0814. The third-order valence-corrected chi connectivity index (χ3v) is 6.95. The van der Waals surface area contributed by atoms with Crippen molar-refractivity contribution < 1.29 is 13.2 Å². The van der Waals surface area contributed by atoms with Crippen LogP contribution in [0, 0.1) is 0 Å². The predicted molar refractivity (Wildman–Crippen MR) is 119 cm³/mol. The van der Waals surface area contributed by atoms with E-state index in [9.17, 15) is 13.2 Å². The maximum atomic E-state index is 13.4. The Morgan fingerprint density at radius 2 is 1.33 bits per heavy atom. The number of amides is 1. The van der Waals surface area contributed by atoms with Gasteiger partial charge in [-0.15, -0.1) is 0 Å². The van der Waals surface area contributed by atoms with Gasteiger partial charge in [0.05, 0.1) is 5.02 Å². The second-order valence-electron chi connectivity index (χ2n) is 7.07. The molecular weight excluding hydrogens is 420 g/mol. The molecule has 0 unspecified atom stereocenters. The van der Waals surface area contributed by atoms with Gasteiger partial charge in [-0.05, 0) is 29.3 Å². The molecule has 0 heterocycles. The summed E-state index contributed by atoms with van der Waals surface area (Å²) in [5, 5.41) is 0.0814. The minimum Gasteiger partial charge on any atom is -0.330 e. The Morgan fingerprint density at radius 3 is 1.80 bits per heavy atom. The summed E-state index contributed by atoms with van der Waals surface area (Å²) in [5.41, 5.74) is 2.24. The average molecular weight is 443 g/mol. The normalized spacial score (nSPS) is 11.5. The third kappa shape index (κ3) is 5.08. The van der Waals surface area contributed by atoms with Crippen LogP contribution in [0.25, 0.3) is 0 Å². The molecule has 3 aromatic rings. The molecule has 3 rings (SSSR count). The fourth-order valence-electron chi connectivity index (χ4n) is 3.02. The fourth-order valence-corrected chi connectivity index (χ4v) is 4.41. The molecule has 0 aliphatic heterocycles. The molecule has 0 saturated heterocycles. The van der Waals surface area contributed by atoms with Crippen molar-refractivity contribution >= 4 is 27.5 Å². The van der Waals surface area contributed by atoms with Gasteiger partial charge in [-0.1, -0.05) is 72.3 Å². The Balaban J connectivity index is 1.98. The topological polar surface area (TPSA) is 57.7 Å². The standard InChI is InChI=1S/C23H23ClN2O3S/c1-25(2)30(28,29)22-15-20(13-14-21(22)24)23(27)26(16-18-9-5-3-6-10-18)17-19-11-7-4-8-12-19/h3-15H,16-17H2,1-2H3. The molecule has 0 aliphatic rings. The van der Waals surface area contributed by atoms with Crippen LogP contribution in [-0.2, 0) is 23.1 Å². The van der Waals surface area contributed by atoms with E-state index in [4.69, 9.17) is 11.6 Å². The van der Waals surface area contributed by atoms with Crippen molar-refractivity contribution in [2.75, 3.05) is 14.1 Å². The highest BCUT2D eigenvalue weighted by Gasteiger charge is 2.24. The zero-order valence-corrected chi connectivity index (χ0v) is 18.4. The van der Waals surface area contributed by atoms with E-state index in [0.29, 0.717) is 13.1 Å². The van der Waals surface area contributed by atoms with Gasteiger partial charge in [0, 0.05) is 32.7 Å². The van der Waals surface area contributed by atoms with Crippen LogP contribution in [0.15, 0.2) is 83.8 Å². The van der Waals surface area contributed by atoms with Crippen molar-refractivity contribution in [1.82, 2.24) is 9.21 Å². The van der Waals surface area contributed by atoms with Gasteiger partial charge in [-0.25, -0.2) is 12.7 Å². The predicted octanol–water partition coefficient (Wildman–Crippen LogP) is 4.43. The molecule has 0 bridgehead atoms. The van der Waals surface area contributed by atoms with Crippen molar-refractivity contribution in [3.63, 3.8) is 0 Å². The lowest BCUT2D eigenvalue weighted by Crippen LogP contribution is -2.30. The molecule has 7 heteroatoms. The van der Waals surface area contributed by atoms with E-state index in [1.165, 1.54) is 26.2 Å². The molecular formula is C23H23ClN2O3S. The summed E-state index contributed by atoms with van der Waals surface area (Å²) < 4.78 is 26.3. The maximum Gasteiger partial charge on any atom is 0.254 e. The zero-order valence-electron chi connectivity index (χ0n) is 16.8. The molecule has 0 N–H and O–H groups in total. The molecule has 3 aromatic carbocycles. The van der Waals surface area contributed by atoms with Gasteiger partial charge < -0.3 is 4.90 Å². The van der Waals surface area contributed by atoms with E-state index in [0.717, 1.165) is 15.4 Å². The molecule has 0 aliphatic carbocycles. The number of halogens is 1. The van der Waals surface area contributed by atoms with Crippen LogP contribution >= 0.6 is 11.6 Å². The van der Waals surface area contributed by atoms with E-state index < -0.39 is 10.0 Å². The van der Waals surface area contributed by atoms with Gasteiger partial charge in [-0.3, -0.25) is 4.79 Å². The van der Waals surface area contributed by atoms with Gasteiger partial charge in [0.25, 0.3) is 5.91 Å². The van der Waals surface area contributed by atoms with Gasteiger partial charge in [0.1, 0.15) is 4.90 Å². The molecule has 5 nitrogen and oxygen atoms in total. The SMILES string of the molecule is CN(C)S(=O)(=O)c1cc(C(=O)N(Cc2ccccc2)Cc2ccccc2)ccc1Cl. The molecule has 1 amide bonds. The summed E-state index contributed by atoms with van der Waals surface area (Å²) in [6.45, 7) is 0.792. The molecule has 0 radical (unpaired) electrons. The van der Waals surface area contributed by atoms with Crippen molar-refractivity contribution in [3.05, 3.63) is 101 Å². The van der Waals surface area contributed by atoms with Crippen LogP contribution in [0.2, 0.25) is 5.02 Å². The highest BCUT2D eigenvalue weighted by atomic mass is 35.5. The molecule has 0 saturated carbocycles.